The summed E-state index contributed by atoms with van der Waals surface area (Å²) in [7, 11) is 0. The van der Waals surface area contributed by atoms with E-state index in [2.05, 4.69) is 15.9 Å². The highest BCUT2D eigenvalue weighted by Gasteiger charge is 2.63. The van der Waals surface area contributed by atoms with E-state index < -0.39 is 29.4 Å². The largest absolute Gasteiger partial charge is 0.389 e. The van der Waals surface area contributed by atoms with Gasteiger partial charge in [0.25, 0.3) is 0 Å². The van der Waals surface area contributed by atoms with Crippen molar-refractivity contribution in [3.63, 3.8) is 0 Å². The molecule has 6 heteroatoms. The molecule has 1 N–H and O–H groups in total. The van der Waals surface area contributed by atoms with Crippen molar-refractivity contribution in [2.24, 2.45) is 11.8 Å². The Hall–Kier alpha value is -2.05. The van der Waals surface area contributed by atoms with Gasteiger partial charge in [-0.2, -0.15) is 0 Å². The van der Waals surface area contributed by atoms with E-state index in [1.54, 1.807) is 0 Å². The maximum atomic E-state index is 12.4. The molecule has 0 aromatic heterocycles. The van der Waals surface area contributed by atoms with Gasteiger partial charge >= 0.3 is 0 Å². The summed E-state index contributed by atoms with van der Waals surface area (Å²) in [6, 6.07) is 15.8. The lowest BCUT2D eigenvalue weighted by Crippen LogP contribution is -2.61. The summed E-state index contributed by atoms with van der Waals surface area (Å²) in [4.78, 5) is 24.5. The van der Waals surface area contributed by atoms with Gasteiger partial charge in [-0.05, 0) is 36.1 Å². The van der Waals surface area contributed by atoms with Crippen LogP contribution in [0.3, 0.4) is 0 Å². The Morgan fingerprint density at radius 1 is 1.03 bits per heavy atom. The molecule has 2 aromatic carbocycles. The van der Waals surface area contributed by atoms with E-state index in [9.17, 15) is 20.0 Å². The fourth-order valence-corrected chi connectivity index (χ4v) is 6.02. The smallest absolute Gasteiger partial charge is 0.227 e. The molecule has 2 aliphatic rings. The van der Waals surface area contributed by atoms with Crippen molar-refractivity contribution < 1.29 is 14.8 Å². The van der Waals surface area contributed by atoms with Gasteiger partial charge in [-0.1, -0.05) is 71.2 Å². The summed E-state index contributed by atoms with van der Waals surface area (Å²) in [6.07, 6.45) is 3.70. The predicted molar refractivity (Wildman–Crippen MR) is 113 cm³/mol. The number of aliphatic hydroxyl groups is 1. The second kappa shape index (κ2) is 8.00. The Morgan fingerprint density at radius 3 is 2.31 bits per heavy atom. The van der Waals surface area contributed by atoms with E-state index in [-0.39, 0.29) is 10.8 Å². The minimum absolute atomic E-state index is 0.227. The zero-order valence-corrected chi connectivity index (χ0v) is 17.6. The van der Waals surface area contributed by atoms with Gasteiger partial charge in [0.15, 0.2) is 0 Å². The fourth-order valence-electron chi connectivity index (χ4n) is 5.76. The summed E-state index contributed by atoms with van der Waals surface area (Å²) in [5.41, 5.74) is 0.362. The number of nitrogens with zero attached hydrogens (tertiary/aromatic N) is 1. The van der Waals surface area contributed by atoms with E-state index in [4.69, 9.17) is 0 Å². The Morgan fingerprint density at radius 2 is 1.69 bits per heavy atom. The molecule has 0 spiro atoms. The number of carbonyl (C=O) groups is 1. The number of halogens is 1. The van der Waals surface area contributed by atoms with Gasteiger partial charge in [0.1, 0.15) is 6.29 Å². The lowest BCUT2D eigenvalue weighted by atomic mass is 9.51. The number of benzene rings is 2. The standard InChI is InChI=1S/C23H24BrNO4/c24-17-11-9-16(10-12-17)20-18-8-4-5-13-23(18,27)19(14-26)21(22(20)25(28)29)15-6-2-1-3-7-15/h1-3,6-7,9-12,14,18-22,27H,4-5,8,13H2/t18-,19+,20-,21+,22+,23-/m0/s1. The van der Waals surface area contributed by atoms with Crippen molar-refractivity contribution in [2.75, 3.05) is 0 Å². The van der Waals surface area contributed by atoms with E-state index >= 15 is 0 Å². The van der Waals surface area contributed by atoms with E-state index in [0.29, 0.717) is 12.8 Å². The summed E-state index contributed by atoms with van der Waals surface area (Å²) in [5.74, 6) is -2.23. The van der Waals surface area contributed by atoms with Crippen LogP contribution in [0.2, 0.25) is 0 Å². The van der Waals surface area contributed by atoms with Crippen LogP contribution in [-0.2, 0) is 4.79 Å². The van der Waals surface area contributed by atoms with Crippen LogP contribution < -0.4 is 0 Å². The number of fused-ring (bicyclic) bond motifs is 1. The summed E-state index contributed by atoms with van der Waals surface area (Å²) >= 11 is 3.43. The van der Waals surface area contributed by atoms with Crippen LogP contribution in [0.4, 0.5) is 0 Å². The van der Waals surface area contributed by atoms with Gasteiger partial charge in [0.2, 0.25) is 6.04 Å². The third-order valence-electron chi connectivity index (χ3n) is 6.95. The summed E-state index contributed by atoms with van der Waals surface area (Å²) in [5, 5.41) is 24.2. The highest BCUT2D eigenvalue weighted by molar-refractivity contribution is 9.10. The average Bonchev–Trinajstić information content (AvgIpc) is 2.73. The van der Waals surface area contributed by atoms with Crippen molar-refractivity contribution in [1.82, 2.24) is 0 Å². The highest BCUT2D eigenvalue weighted by Crippen LogP contribution is 2.58. The molecule has 0 radical (unpaired) electrons. The topological polar surface area (TPSA) is 80.4 Å². The van der Waals surface area contributed by atoms with Gasteiger partial charge in [0.05, 0.1) is 23.4 Å². The molecule has 5 nitrogen and oxygen atoms in total. The molecule has 0 saturated heterocycles. The second-order valence-corrected chi connectivity index (χ2v) is 9.21. The third-order valence-corrected chi connectivity index (χ3v) is 7.48. The molecule has 4 rings (SSSR count). The number of rotatable bonds is 4. The molecule has 2 saturated carbocycles. The van der Waals surface area contributed by atoms with Crippen LogP contribution in [-0.4, -0.2) is 28.0 Å². The van der Waals surface area contributed by atoms with Crippen LogP contribution in [0.5, 0.6) is 0 Å². The predicted octanol–water partition coefficient (Wildman–Crippen LogP) is 4.71. The SMILES string of the molecule is O=C[C@@H]1[C@@H](c2ccccc2)[C@H]([N+](=O)[O-])[C@@H](c2ccc(Br)cc2)[C@@H]2CCCC[C@@]12O. The van der Waals surface area contributed by atoms with E-state index in [0.717, 1.165) is 34.7 Å². The quantitative estimate of drug-likeness (QED) is 0.409. The average molecular weight is 458 g/mol. The second-order valence-electron chi connectivity index (χ2n) is 8.30. The lowest BCUT2D eigenvalue weighted by molar-refractivity contribution is -0.541. The number of nitro groups is 1. The normalized spacial score (nSPS) is 34.2. The van der Waals surface area contributed by atoms with E-state index in [1.807, 2.05) is 54.6 Å². The van der Waals surface area contributed by atoms with E-state index in [1.165, 1.54) is 0 Å². The summed E-state index contributed by atoms with van der Waals surface area (Å²) < 4.78 is 0.902. The molecule has 2 aliphatic carbocycles. The van der Waals surface area contributed by atoms with Crippen LogP contribution in [0.1, 0.15) is 48.6 Å². The third kappa shape index (κ3) is 3.42. The minimum Gasteiger partial charge on any atom is -0.389 e. The maximum Gasteiger partial charge on any atom is 0.227 e. The zero-order valence-electron chi connectivity index (χ0n) is 16.0. The first-order chi connectivity index (χ1) is 14.0. The molecule has 29 heavy (non-hydrogen) atoms. The van der Waals surface area contributed by atoms with Gasteiger partial charge in [-0.15, -0.1) is 0 Å². The van der Waals surface area contributed by atoms with Crippen molar-refractivity contribution >= 4 is 22.2 Å². The summed E-state index contributed by atoms with van der Waals surface area (Å²) in [6.45, 7) is 0. The van der Waals surface area contributed by atoms with Crippen LogP contribution in [0, 0.1) is 22.0 Å². The number of hydrogen-bond donors (Lipinski definition) is 1. The first-order valence-electron chi connectivity index (χ1n) is 10.1. The minimum atomic E-state index is -1.23. The van der Waals surface area contributed by atoms with Crippen molar-refractivity contribution in [3.05, 3.63) is 80.3 Å². The van der Waals surface area contributed by atoms with Gasteiger partial charge in [-0.25, -0.2) is 0 Å². The molecule has 0 aliphatic heterocycles. The molecule has 0 heterocycles. The Kier molecular flexibility index (Phi) is 5.58. The van der Waals surface area contributed by atoms with Gasteiger partial charge in [-0.3, -0.25) is 10.1 Å². The Bertz CT molecular complexity index is 888. The van der Waals surface area contributed by atoms with Crippen molar-refractivity contribution in [1.29, 1.82) is 0 Å². The molecule has 0 unspecified atom stereocenters. The molecule has 152 valence electrons. The monoisotopic (exact) mass is 457 g/mol. The van der Waals surface area contributed by atoms with Crippen molar-refractivity contribution in [2.45, 2.75) is 49.2 Å². The fraction of sp³-hybridized carbons (Fsp3) is 0.435. The molecule has 0 bridgehead atoms. The molecular formula is C23H24BrNO4. The zero-order chi connectivity index (χ0) is 20.6. The number of aldehydes is 1. The lowest BCUT2D eigenvalue weighted by Gasteiger charge is -2.54. The molecule has 6 atom stereocenters. The van der Waals surface area contributed by atoms with Crippen LogP contribution >= 0.6 is 15.9 Å². The molecule has 2 aromatic rings. The van der Waals surface area contributed by atoms with Gasteiger partial charge < -0.3 is 9.90 Å². The Balaban J connectivity index is 1.93. The maximum absolute atomic E-state index is 12.4. The molecule has 0 amide bonds. The molecular weight excluding hydrogens is 434 g/mol. The van der Waals surface area contributed by atoms with Crippen molar-refractivity contribution in [3.8, 4) is 0 Å². The van der Waals surface area contributed by atoms with Crippen LogP contribution in [0.15, 0.2) is 59.1 Å². The molecule has 2 fully saturated rings. The number of carbonyl (C=O) groups excluding carboxylic acids is 1. The first-order valence-corrected chi connectivity index (χ1v) is 10.9. The highest BCUT2D eigenvalue weighted by atomic mass is 79.9. The Labute approximate surface area is 178 Å². The van der Waals surface area contributed by atoms with Gasteiger partial charge in [0, 0.05) is 15.3 Å². The van der Waals surface area contributed by atoms with Crippen LogP contribution in [0.25, 0.3) is 0 Å². The first kappa shape index (κ1) is 20.2. The number of hydrogen-bond acceptors (Lipinski definition) is 4.